The fourth-order valence-electron chi connectivity index (χ4n) is 2.07. The number of rotatable bonds is 7. The number of carbonyl (C=O) groups excluding carboxylic acids is 1. The summed E-state index contributed by atoms with van der Waals surface area (Å²) in [5, 5.41) is 2.98. The first-order chi connectivity index (χ1) is 9.11. The summed E-state index contributed by atoms with van der Waals surface area (Å²) in [6.45, 7) is 4.41. The molecule has 0 unspecified atom stereocenters. The number of nitrogens with two attached hydrogens (primary N) is 1. The van der Waals surface area contributed by atoms with E-state index in [0.29, 0.717) is 6.54 Å². The van der Waals surface area contributed by atoms with Crippen LogP contribution in [0.5, 0.6) is 0 Å². The highest BCUT2D eigenvalue weighted by molar-refractivity contribution is 7.97. The zero-order valence-electron chi connectivity index (χ0n) is 12.4. The van der Waals surface area contributed by atoms with Gasteiger partial charge in [0, 0.05) is 18.0 Å². The minimum Gasteiger partial charge on any atom is -0.329 e. The molecule has 3 nitrogen and oxygen atoms in total. The van der Waals surface area contributed by atoms with Crippen molar-refractivity contribution in [1.82, 2.24) is 0 Å². The van der Waals surface area contributed by atoms with E-state index in [0.717, 1.165) is 24.3 Å². The van der Waals surface area contributed by atoms with Crippen LogP contribution in [0.2, 0.25) is 0 Å². The molecule has 0 radical (unpaired) electrons. The maximum atomic E-state index is 12.3. The average molecular weight is 317 g/mol. The molecule has 1 aromatic rings. The van der Waals surface area contributed by atoms with Gasteiger partial charge in [0.15, 0.2) is 0 Å². The molecule has 1 rings (SSSR count). The van der Waals surface area contributed by atoms with Crippen LogP contribution >= 0.6 is 24.2 Å². The smallest absolute Gasteiger partial charge is 0.231 e. The maximum absolute atomic E-state index is 12.3. The number of thioether (sulfide) groups is 1. The van der Waals surface area contributed by atoms with Crippen LogP contribution in [-0.4, -0.2) is 18.7 Å². The van der Waals surface area contributed by atoms with Gasteiger partial charge < -0.3 is 11.1 Å². The molecular formula is C15H25ClN2OS. The van der Waals surface area contributed by atoms with Gasteiger partial charge in [-0.1, -0.05) is 26.0 Å². The monoisotopic (exact) mass is 316 g/mol. The lowest BCUT2D eigenvalue weighted by Crippen LogP contribution is -2.41. The molecule has 0 spiro atoms. The third-order valence-corrected chi connectivity index (χ3v) is 4.37. The molecule has 1 aromatic carbocycles. The molecular weight excluding hydrogens is 292 g/mol. The van der Waals surface area contributed by atoms with E-state index in [1.165, 1.54) is 5.56 Å². The summed E-state index contributed by atoms with van der Waals surface area (Å²) in [5.74, 6) is 1.02. The van der Waals surface area contributed by atoms with Crippen molar-refractivity contribution in [3.05, 3.63) is 29.8 Å². The van der Waals surface area contributed by atoms with Gasteiger partial charge in [0.2, 0.25) is 5.91 Å². The largest absolute Gasteiger partial charge is 0.329 e. The number of hydrogen-bond donors (Lipinski definition) is 2. The van der Waals surface area contributed by atoms with Crippen LogP contribution in [0.4, 0.5) is 5.69 Å². The van der Waals surface area contributed by atoms with Gasteiger partial charge in [-0.25, -0.2) is 0 Å². The van der Waals surface area contributed by atoms with Crippen molar-refractivity contribution in [2.45, 2.75) is 32.4 Å². The van der Waals surface area contributed by atoms with Crippen LogP contribution in [0.3, 0.4) is 0 Å². The summed E-state index contributed by atoms with van der Waals surface area (Å²) in [5.41, 5.74) is 7.44. The Hall–Kier alpha value is -0.710. The van der Waals surface area contributed by atoms with Gasteiger partial charge in [-0.2, -0.15) is 11.8 Å². The molecule has 0 aromatic heterocycles. The highest BCUT2D eigenvalue weighted by atomic mass is 35.5. The van der Waals surface area contributed by atoms with E-state index < -0.39 is 5.41 Å². The lowest BCUT2D eigenvalue weighted by molar-refractivity contribution is -0.125. The molecule has 0 bridgehead atoms. The van der Waals surface area contributed by atoms with E-state index in [1.54, 1.807) is 11.8 Å². The third-order valence-electron chi connectivity index (χ3n) is 3.75. The van der Waals surface area contributed by atoms with Crippen molar-refractivity contribution in [3.63, 3.8) is 0 Å². The summed E-state index contributed by atoms with van der Waals surface area (Å²) in [4.78, 5) is 12.3. The van der Waals surface area contributed by atoms with E-state index >= 15 is 0 Å². The first kappa shape index (κ1) is 19.3. The Kier molecular flexibility index (Phi) is 8.94. The third kappa shape index (κ3) is 4.69. The first-order valence-electron chi connectivity index (χ1n) is 6.71. The number of halogens is 1. The van der Waals surface area contributed by atoms with Crippen molar-refractivity contribution < 1.29 is 4.79 Å². The Morgan fingerprint density at radius 3 is 2.20 bits per heavy atom. The van der Waals surface area contributed by atoms with Crippen LogP contribution in [-0.2, 0) is 10.5 Å². The van der Waals surface area contributed by atoms with Gasteiger partial charge in [-0.15, -0.1) is 12.4 Å². The second kappa shape index (κ2) is 9.27. The minimum atomic E-state index is -0.446. The zero-order chi connectivity index (χ0) is 14.3. The lowest BCUT2D eigenvalue weighted by atomic mass is 9.81. The molecule has 0 aliphatic carbocycles. The standard InChI is InChI=1S/C15H24N2OS.ClH/c1-4-15(5-2,11-16)14(18)17-13-8-6-12(7-9-13)10-19-3;/h6-9H,4-5,10-11,16H2,1-3H3,(H,17,18);1H. The molecule has 0 fully saturated rings. The van der Waals surface area contributed by atoms with Crippen molar-refractivity contribution >= 4 is 35.8 Å². The maximum Gasteiger partial charge on any atom is 0.231 e. The molecule has 0 saturated heterocycles. The number of carbonyl (C=O) groups is 1. The van der Waals surface area contributed by atoms with Crippen LogP contribution in [0.1, 0.15) is 32.3 Å². The lowest BCUT2D eigenvalue weighted by Gasteiger charge is -2.28. The number of amides is 1. The van der Waals surface area contributed by atoms with E-state index in [9.17, 15) is 4.79 Å². The normalized spacial score (nSPS) is 10.8. The van der Waals surface area contributed by atoms with Gasteiger partial charge in [0.1, 0.15) is 0 Å². The minimum absolute atomic E-state index is 0. The molecule has 1 amide bonds. The van der Waals surface area contributed by atoms with E-state index in [2.05, 4.69) is 11.6 Å². The van der Waals surface area contributed by atoms with E-state index in [4.69, 9.17) is 5.73 Å². The van der Waals surface area contributed by atoms with Crippen LogP contribution in [0.15, 0.2) is 24.3 Å². The summed E-state index contributed by atoms with van der Waals surface area (Å²) < 4.78 is 0. The Labute approximate surface area is 132 Å². The van der Waals surface area contributed by atoms with Gasteiger partial charge in [0.05, 0.1) is 5.41 Å². The van der Waals surface area contributed by atoms with Gasteiger partial charge >= 0.3 is 0 Å². The van der Waals surface area contributed by atoms with Gasteiger partial charge in [-0.3, -0.25) is 4.79 Å². The quantitative estimate of drug-likeness (QED) is 0.807. The summed E-state index contributed by atoms with van der Waals surface area (Å²) in [6.07, 6.45) is 3.60. The highest BCUT2D eigenvalue weighted by Crippen LogP contribution is 2.27. The molecule has 3 N–H and O–H groups in total. The molecule has 20 heavy (non-hydrogen) atoms. The van der Waals surface area contributed by atoms with Crippen molar-refractivity contribution in [3.8, 4) is 0 Å². The highest BCUT2D eigenvalue weighted by Gasteiger charge is 2.33. The average Bonchev–Trinajstić information content (AvgIpc) is 2.44. The molecule has 0 saturated carbocycles. The van der Waals surface area contributed by atoms with Crippen molar-refractivity contribution in [1.29, 1.82) is 0 Å². The van der Waals surface area contributed by atoms with Gasteiger partial charge in [0.25, 0.3) is 0 Å². The fourth-order valence-corrected chi connectivity index (χ4v) is 2.59. The Bertz CT molecular complexity index is 397. The van der Waals surface area contributed by atoms with Crippen LogP contribution < -0.4 is 11.1 Å². The van der Waals surface area contributed by atoms with Gasteiger partial charge in [-0.05, 0) is 36.8 Å². The molecule has 0 heterocycles. The Morgan fingerprint density at radius 1 is 1.25 bits per heavy atom. The second-order valence-electron chi connectivity index (χ2n) is 4.78. The summed E-state index contributed by atoms with van der Waals surface area (Å²) in [7, 11) is 0. The number of hydrogen-bond acceptors (Lipinski definition) is 3. The predicted octanol–water partition coefficient (Wildman–Crippen LogP) is 3.68. The number of nitrogens with one attached hydrogen (secondary N) is 1. The van der Waals surface area contributed by atoms with Crippen LogP contribution in [0, 0.1) is 5.41 Å². The zero-order valence-corrected chi connectivity index (χ0v) is 14.1. The Balaban J connectivity index is 0.00000361. The van der Waals surface area contributed by atoms with E-state index in [-0.39, 0.29) is 18.3 Å². The van der Waals surface area contributed by atoms with Crippen molar-refractivity contribution in [2.75, 3.05) is 18.1 Å². The van der Waals surface area contributed by atoms with Crippen LogP contribution in [0.25, 0.3) is 0 Å². The Morgan fingerprint density at radius 2 is 1.80 bits per heavy atom. The molecule has 0 aliphatic rings. The predicted molar refractivity (Wildman–Crippen MR) is 91.6 cm³/mol. The SMILES string of the molecule is CCC(CC)(CN)C(=O)Nc1ccc(CSC)cc1.Cl. The molecule has 5 heteroatoms. The van der Waals surface area contributed by atoms with E-state index in [1.807, 2.05) is 38.1 Å². The second-order valence-corrected chi connectivity index (χ2v) is 5.64. The summed E-state index contributed by atoms with van der Waals surface area (Å²) >= 11 is 1.79. The first-order valence-corrected chi connectivity index (χ1v) is 8.10. The molecule has 114 valence electrons. The number of anilines is 1. The summed E-state index contributed by atoms with van der Waals surface area (Å²) in [6, 6.07) is 8.01. The van der Waals surface area contributed by atoms with Crippen molar-refractivity contribution in [2.24, 2.45) is 11.1 Å². The molecule has 0 aliphatic heterocycles. The number of benzene rings is 1. The molecule has 0 atom stereocenters. The topological polar surface area (TPSA) is 55.1 Å². The fraction of sp³-hybridized carbons (Fsp3) is 0.533.